The van der Waals surface area contributed by atoms with Gasteiger partial charge in [0.05, 0.1) is 28.2 Å². The molecule has 11 nitrogen and oxygen atoms in total. The largest absolute Gasteiger partial charge is 0.480 e. The molecule has 2 amide bonds. The summed E-state index contributed by atoms with van der Waals surface area (Å²) in [6, 6.07) is 1.65. The summed E-state index contributed by atoms with van der Waals surface area (Å²) in [6.07, 6.45) is 2.51. The number of carboxylic acids is 1. The summed E-state index contributed by atoms with van der Waals surface area (Å²) in [6.45, 7) is -1.04. The van der Waals surface area contributed by atoms with Crippen LogP contribution >= 0.6 is 11.6 Å². The van der Waals surface area contributed by atoms with E-state index in [-0.39, 0.29) is 0 Å². The summed E-state index contributed by atoms with van der Waals surface area (Å²) in [5.74, 6) is -4.83. The molecule has 2 atom stereocenters. The number of carboxylic acid groups (broad SMARTS) is 1. The number of rotatable bonds is 4. The van der Waals surface area contributed by atoms with Gasteiger partial charge in [0.2, 0.25) is 11.8 Å². The Hall–Kier alpha value is -3.54. The highest BCUT2D eigenvalue weighted by atomic mass is 35.5. The molecular weight excluding hydrogens is 463 g/mol. The number of fused-ring (bicyclic) bond motifs is 1. The van der Waals surface area contributed by atoms with Crippen molar-refractivity contribution >= 4 is 35.1 Å². The van der Waals surface area contributed by atoms with Crippen molar-refractivity contribution in [3.8, 4) is 5.69 Å². The topological polar surface area (TPSA) is 141 Å². The lowest BCUT2D eigenvalue weighted by atomic mass is 9.81. The number of benzene rings is 1. The van der Waals surface area contributed by atoms with Gasteiger partial charge in [0, 0.05) is 7.05 Å². The Morgan fingerprint density at radius 1 is 1.00 bits per heavy atom. The van der Waals surface area contributed by atoms with Crippen molar-refractivity contribution in [3.63, 3.8) is 0 Å². The van der Waals surface area contributed by atoms with Crippen LogP contribution in [0.25, 0.3) is 5.69 Å². The summed E-state index contributed by atoms with van der Waals surface area (Å²) in [4.78, 5) is 75.4. The number of halogens is 2. The summed E-state index contributed by atoms with van der Waals surface area (Å²) in [5, 5.41) is 8.60. The fraction of sp³-hybridized carbons (Fsp3) is 0.400. The monoisotopic (exact) mass is 480 g/mol. The number of anilines is 1. The molecule has 2 heterocycles. The molecule has 33 heavy (non-hydrogen) atoms. The van der Waals surface area contributed by atoms with Gasteiger partial charge in [-0.15, -0.1) is 0 Å². The Bertz CT molecular complexity index is 1370. The van der Waals surface area contributed by atoms with Gasteiger partial charge in [-0.3, -0.25) is 14.4 Å². The molecule has 2 fully saturated rings. The van der Waals surface area contributed by atoms with E-state index in [1.807, 2.05) is 0 Å². The number of nitrogens with zero attached hydrogens (tertiary/aromatic N) is 4. The van der Waals surface area contributed by atoms with E-state index in [9.17, 15) is 33.2 Å². The first kappa shape index (κ1) is 22.6. The summed E-state index contributed by atoms with van der Waals surface area (Å²) in [7, 11) is 1.02. The van der Waals surface area contributed by atoms with E-state index in [1.165, 1.54) is 0 Å². The molecule has 174 valence electrons. The zero-order valence-corrected chi connectivity index (χ0v) is 18.0. The van der Waals surface area contributed by atoms with Crippen molar-refractivity contribution in [2.45, 2.75) is 32.2 Å². The quantitative estimate of drug-likeness (QED) is 0.618. The van der Waals surface area contributed by atoms with Gasteiger partial charge in [-0.25, -0.2) is 37.4 Å². The molecule has 1 N–H and O–H groups in total. The van der Waals surface area contributed by atoms with Crippen molar-refractivity contribution in [1.29, 1.82) is 0 Å². The maximum absolute atomic E-state index is 14.9. The van der Waals surface area contributed by atoms with Gasteiger partial charge in [0.25, 0.3) is 0 Å². The number of aliphatic carboxylic acids is 1. The zero-order valence-electron chi connectivity index (χ0n) is 17.3. The van der Waals surface area contributed by atoms with E-state index < -0.39 is 75.4 Å². The average molecular weight is 481 g/mol. The molecule has 0 bridgehead atoms. The lowest BCUT2D eigenvalue weighted by Crippen LogP contribution is -2.53. The molecule has 1 saturated carbocycles. The second-order valence-electron chi connectivity index (χ2n) is 7.99. The molecule has 2 aliphatic rings. The zero-order chi connectivity index (χ0) is 24.2. The van der Waals surface area contributed by atoms with Crippen LogP contribution in [0.2, 0.25) is 5.02 Å². The number of aromatic nitrogens is 3. The minimum atomic E-state index is -1.51. The Balaban J connectivity index is 1.94. The van der Waals surface area contributed by atoms with Crippen LogP contribution in [0.1, 0.15) is 25.7 Å². The van der Waals surface area contributed by atoms with Crippen molar-refractivity contribution in [1.82, 2.24) is 13.7 Å². The molecule has 1 aliphatic carbocycles. The molecule has 1 saturated heterocycles. The molecule has 2 unspecified atom stereocenters. The van der Waals surface area contributed by atoms with Crippen LogP contribution in [0.15, 0.2) is 26.5 Å². The highest BCUT2D eigenvalue weighted by Crippen LogP contribution is 2.41. The minimum absolute atomic E-state index is 0.295. The third kappa shape index (κ3) is 3.50. The number of imide groups is 1. The van der Waals surface area contributed by atoms with E-state index in [2.05, 4.69) is 0 Å². The second kappa shape index (κ2) is 8.10. The Morgan fingerprint density at radius 2 is 1.58 bits per heavy atom. The van der Waals surface area contributed by atoms with Crippen LogP contribution in [0.3, 0.4) is 0 Å². The number of amides is 2. The molecule has 1 aromatic carbocycles. The third-order valence-electron chi connectivity index (χ3n) is 6.05. The number of carbonyl (C=O) groups excluding carboxylic acids is 2. The normalized spacial score (nSPS) is 20.3. The Labute approximate surface area is 189 Å². The van der Waals surface area contributed by atoms with Gasteiger partial charge in [-0.1, -0.05) is 24.4 Å². The molecular formula is C20H18ClFN4O7. The van der Waals surface area contributed by atoms with E-state index >= 15 is 0 Å². The molecule has 0 spiro atoms. The second-order valence-corrected chi connectivity index (χ2v) is 8.39. The maximum Gasteiger partial charge on any atom is 0.341 e. The van der Waals surface area contributed by atoms with Gasteiger partial charge < -0.3 is 5.11 Å². The first-order chi connectivity index (χ1) is 15.5. The Kier molecular flexibility index (Phi) is 5.56. The van der Waals surface area contributed by atoms with Crippen LogP contribution in [0, 0.1) is 17.7 Å². The van der Waals surface area contributed by atoms with Crippen molar-refractivity contribution < 1.29 is 23.9 Å². The smallest absolute Gasteiger partial charge is 0.341 e. The Morgan fingerprint density at radius 3 is 2.12 bits per heavy atom. The summed E-state index contributed by atoms with van der Waals surface area (Å²) in [5.41, 5.74) is -4.55. The fourth-order valence-corrected chi connectivity index (χ4v) is 4.68. The van der Waals surface area contributed by atoms with Crippen molar-refractivity contribution in [2.24, 2.45) is 18.9 Å². The fourth-order valence-electron chi connectivity index (χ4n) is 4.44. The molecule has 13 heteroatoms. The van der Waals surface area contributed by atoms with Gasteiger partial charge in [-0.2, -0.15) is 0 Å². The van der Waals surface area contributed by atoms with E-state index in [0.29, 0.717) is 31.4 Å². The van der Waals surface area contributed by atoms with Crippen molar-refractivity contribution in [2.75, 3.05) is 4.90 Å². The van der Waals surface area contributed by atoms with E-state index in [0.717, 1.165) is 32.0 Å². The average Bonchev–Trinajstić information content (AvgIpc) is 3.02. The number of hydrogen-bond acceptors (Lipinski definition) is 6. The maximum atomic E-state index is 14.9. The predicted octanol–water partition coefficient (Wildman–Crippen LogP) is 0.255. The van der Waals surface area contributed by atoms with Gasteiger partial charge in [0.1, 0.15) is 12.4 Å². The molecule has 2 aromatic rings. The minimum Gasteiger partial charge on any atom is -0.480 e. The third-order valence-corrected chi connectivity index (χ3v) is 6.35. The number of carbonyl (C=O) groups is 3. The van der Waals surface area contributed by atoms with E-state index in [4.69, 9.17) is 16.7 Å². The predicted molar refractivity (Wildman–Crippen MR) is 112 cm³/mol. The van der Waals surface area contributed by atoms with Crippen LogP contribution in [0.5, 0.6) is 0 Å². The van der Waals surface area contributed by atoms with Crippen LogP contribution in [-0.2, 0) is 28.0 Å². The van der Waals surface area contributed by atoms with Gasteiger partial charge in [-0.05, 0) is 25.0 Å². The highest BCUT2D eigenvalue weighted by molar-refractivity contribution is 6.32. The first-order valence-electron chi connectivity index (χ1n) is 10.1. The molecule has 1 aromatic heterocycles. The lowest BCUT2D eigenvalue weighted by molar-refractivity contribution is -0.138. The van der Waals surface area contributed by atoms with Crippen LogP contribution < -0.4 is 22.0 Å². The van der Waals surface area contributed by atoms with Gasteiger partial charge >= 0.3 is 23.0 Å². The lowest BCUT2D eigenvalue weighted by Gasteiger charge is -2.19. The van der Waals surface area contributed by atoms with Gasteiger partial charge in [0.15, 0.2) is 0 Å². The molecule has 4 rings (SSSR count). The summed E-state index contributed by atoms with van der Waals surface area (Å²) >= 11 is 6.09. The molecule has 0 radical (unpaired) electrons. The summed E-state index contributed by atoms with van der Waals surface area (Å²) < 4.78 is 16.1. The van der Waals surface area contributed by atoms with Crippen LogP contribution in [0.4, 0.5) is 10.1 Å². The van der Waals surface area contributed by atoms with Crippen LogP contribution in [-0.4, -0.2) is 36.6 Å². The van der Waals surface area contributed by atoms with E-state index in [1.54, 1.807) is 0 Å². The first-order valence-corrected chi connectivity index (χ1v) is 10.4. The molecule has 1 aliphatic heterocycles. The highest BCUT2D eigenvalue weighted by Gasteiger charge is 2.49. The number of hydrogen-bond donors (Lipinski definition) is 1. The SMILES string of the molecule is Cn1c(=O)n(CC(=O)O)c(=O)n(-c2cc(N3C(=O)C4CCCCC4C3=O)c(F)cc2Cl)c1=O. The standard InChI is InChI=1S/C20H18ClFN4O7/c1-23-18(31)24(8-15(27)28)20(33)26(19(23)32)13-7-14(12(22)6-11(13)21)25-16(29)9-4-2-3-5-10(9)17(25)30/h6-7,9-10H,2-5,8H2,1H3,(H,27,28). The van der Waals surface area contributed by atoms with Crippen molar-refractivity contribution in [3.05, 3.63) is 54.4 Å².